The molecule has 0 saturated carbocycles. The van der Waals surface area contributed by atoms with Crippen molar-refractivity contribution in [1.29, 1.82) is 0 Å². The number of nitrogens with zero attached hydrogens (tertiary/aromatic N) is 1. The van der Waals surface area contributed by atoms with Crippen LogP contribution in [0.15, 0.2) is 46.9 Å². The zero-order valence-corrected chi connectivity index (χ0v) is 13.9. The van der Waals surface area contributed by atoms with Gasteiger partial charge < -0.3 is 10.6 Å². The molecule has 0 heterocycles. The average molecular weight is 347 g/mol. The number of nitrogen functional groups attached to an aromatic ring is 1. The molecule has 1 amide bonds. The van der Waals surface area contributed by atoms with Crippen LogP contribution in [0.3, 0.4) is 0 Å². The summed E-state index contributed by atoms with van der Waals surface area (Å²) < 4.78 is 0.803. The average Bonchev–Trinajstić information content (AvgIpc) is 2.50. The van der Waals surface area contributed by atoms with Crippen molar-refractivity contribution < 1.29 is 4.79 Å². The summed E-state index contributed by atoms with van der Waals surface area (Å²) >= 11 is 3.33. The van der Waals surface area contributed by atoms with Gasteiger partial charge in [-0.2, -0.15) is 0 Å². The Morgan fingerprint density at radius 2 is 1.76 bits per heavy atom. The highest BCUT2D eigenvalue weighted by molar-refractivity contribution is 9.10. The molecule has 0 aliphatic heterocycles. The van der Waals surface area contributed by atoms with Gasteiger partial charge in [0.15, 0.2) is 0 Å². The first-order valence-electron chi connectivity index (χ1n) is 6.89. The van der Waals surface area contributed by atoms with Crippen molar-refractivity contribution in [2.24, 2.45) is 0 Å². The quantitative estimate of drug-likeness (QED) is 0.854. The predicted molar refractivity (Wildman–Crippen MR) is 90.2 cm³/mol. The zero-order valence-electron chi connectivity index (χ0n) is 12.3. The van der Waals surface area contributed by atoms with E-state index < -0.39 is 0 Å². The molecule has 0 saturated heterocycles. The van der Waals surface area contributed by atoms with Gasteiger partial charge in [-0.25, -0.2) is 0 Å². The topological polar surface area (TPSA) is 46.3 Å². The number of rotatable bonds is 4. The summed E-state index contributed by atoms with van der Waals surface area (Å²) in [6, 6.07) is 13.6. The molecule has 0 aliphatic rings. The summed E-state index contributed by atoms with van der Waals surface area (Å²) in [6.07, 6.45) is 1.02. The molecule has 0 fully saturated rings. The molecule has 2 N–H and O–H groups in total. The standard InChI is InChI=1S/C17H19BrN2O/c1-3-12-4-6-13(7-5-12)11-20(2)17(21)14-8-9-15(18)16(19)10-14/h4-10H,3,11,19H2,1-2H3. The lowest BCUT2D eigenvalue weighted by atomic mass is 10.1. The SMILES string of the molecule is CCc1ccc(CN(C)C(=O)c2ccc(Br)c(N)c2)cc1. The molecular weight excluding hydrogens is 328 g/mol. The molecule has 0 radical (unpaired) electrons. The van der Waals surface area contributed by atoms with Crippen LogP contribution >= 0.6 is 15.9 Å². The van der Waals surface area contributed by atoms with Gasteiger partial charge in [-0.1, -0.05) is 31.2 Å². The highest BCUT2D eigenvalue weighted by atomic mass is 79.9. The summed E-state index contributed by atoms with van der Waals surface area (Å²) in [4.78, 5) is 14.1. The van der Waals surface area contributed by atoms with E-state index in [9.17, 15) is 4.79 Å². The number of hydrogen-bond acceptors (Lipinski definition) is 2. The molecule has 110 valence electrons. The lowest BCUT2D eigenvalue weighted by molar-refractivity contribution is 0.0785. The van der Waals surface area contributed by atoms with Crippen molar-refractivity contribution in [3.8, 4) is 0 Å². The third-order valence-electron chi connectivity index (χ3n) is 3.44. The van der Waals surface area contributed by atoms with E-state index in [0.29, 0.717) is 17.8 Å². The minimum atomic E-state index is -0.0335. The van der Waals surface area contributed by atoms with Gasteiger partial charge in [0.2, 0.25) is 0 Å². The first-order chi connectivity index (χ1) is 10.0. The summed E-state index contributed by atoms with van der Waals surface area (Å²) in [7, 11) is 1.80. The van der Waals surface area contributed by atoms with Crippen LogP contribution in [0.2, 0.25) is 0 Å². The van der Waals surface area contributed by atoms with Crippen LogP contribution in [0.25, 0.3) is 0 Å². The number of benzene rings is 2. The van der Waals surface area contributed by atoms with Crippen molar-refractivity contribution in [2.45, 2.75) is 19.9 Å². The van der Waals surface area contributed by atoms with Crippen molar-refractivity contribution in [1.82, 2.24) is 4.90 Å². The van der Waals surface area contributed by atoms with Crippen LogP contribution in [0.5, 0.6) is 0 Å². The van der Waals surface area contributed by atoms with E-state index in [4.69, 9.17) is 5.73 Å². The number of hydrogen-bond donors (Lipinski definition) is 1. The van der Waals surface area contributed by atoms with Gasteiger partial charge >= 0.3 is 0 Å². The van der Waals surface area contributed by atoms with Gasteiger partial charge in [-0.3, -0.25) is 4.79 Å². The molecule has 0 aromatic heterocycles. The lowest BCUT2D eigenvalue weighted by Crippen LogP contribution is -2.26. The molecule has 0 atom stereocenters. The molecule has 4 heteroatoms. The van der Waals surface area contributed by atoms with Crippen molar-refractivity contribution in [3.63, 3.8) is 0 Å². The minimum Gasteiger partial charge on any atom is -0.398 e. The normalized spacial score (nSPS) is 10.4. The summed E-state index contributed by atoms with van der Waals surface area (Å²) in [5.74, 6) is -0.0335. The molecule has 21 heavy (non-hydrogen) atoms. The van der Waals surface area contributed by atoms with Gasteiger partial charge in [0.25, 0.3) is 5.91 Å². The molecule has 2 aromatic rings. The Kier molecular flexibility index (Phi) is 5.02. The Bertz CT molecular complexity index is 638. The fourth-order valence-corrected chi connectivity index (χ4v) is 2.37. The fourth-order valence-electron chi connectivity index (χ4n) is 2.12. The lowest BCUT2D eigenvalue weighted by Gasteiger charge is -2.18. The second-order valence-electron chi connectivity index (χ2n) is 5.07. The first-order valence-corrected chi connectivity index (χ1v) is 7.69. The van der Waals surface area contributed by atoms with E-state index in [0.717, 1.165) is 16.5 Å². The van der Waals surface area contributed by atoms with Crippen LogP contribution in [0, 0.1) is 0 Å². The van der Waals surface area contributed by atoms with Crippen LogP contribution in [-0.2, 0) is 13.0 Å². The Balaban J connectivity index is 2.09. The van der Waals surface area contributed by atoms with Crippen molar-refractivity contribution >= 4 is 27.5 Å². The van der Waals surface area contributed by atoms with Gasteiger partial charge in [0.1, 0.15) is 0 Å². The molecule has 0 spiro atoms. The molecule has 3 nitrogen and oxygen atoms in total. The minimum absolute atomic E-state index is 0.0335. The number of carbonyl (C=O) groups is 1. The third-order valence-corrected chi connectivity index (χ3v) is 4.16. The van der Waals surface area contributed by atoms with E-state index in [1.54, 1.807) is 30.1 Å². The van der Waals surface area contributed by atoms with Gasteiger partial charge in [-0.15, -0.1) is 0 Å². The summed E-state index contributed by atoms with van der Waals surface area (Å²) in [6.45, 7) is 2.71. The van der Waals surface area contributed by atoms with E-state index in [1.165, 1.54) is 5.56 Å². The molecule has 2 rings (SSSR count). The van der Waals surface area contributed by atoms with E-state index in [1.807, 2.05) is 0 Å². The molecule has 0 unspecified atom stereocenters. The first kappa shape index (κ1) is 15.6. The van der Waals surface area contributed by atoms with Crippen molar-refractivity contribution in [2.75, 3.05) is 12.8 Å². The molecule has 0 aliphatic carbocycles. The maximum absolute atomic E-state index is 12.4. The smallest absolute Gasteiger partial charge is 0.253 e. The highest BCUT2D eigenvalue weighted by Gasteiger charge is 2.13. The van der Waals surface area contributed by atoms with E-state index in [-0.39, 0.29) is 5.91 Å². The summed E-state index contributed by atoms with van der Waals surface area (Å²) in [5.41, 5.74) is 9.41. The molecule has 2 aromatic carbocycles. The Morgan fingerprint density at radius 3 is 2.33 bits per heavy atom. The van der Waals surface area contributed by atoms with Gasteiger partial charge in [0.05, 0.1) is 0 Å². The Labute approximate surface area is 133 Å². The maximum Gasteiger partial charge on any atom is 0.253 e. The third kappa shape index (κ3) is 3.85. The molecule has 0 bridgehead atoms. The molecular formula is C17H19BrN2O. The second kappa shape index (κ2) is 6.76. The van der Waals surface area contributed by atoms with E-state index in [2.05, 4.69) is 47.1 Å². The number of carbonyl (C=O) groups excluding carboxylic acids is 1. The predicted octanol–water partition coefficient (Wildman–Crippen LogP) is 3.87. The van der Waals surface area contributed by atoms with Crippen LogP contribution in [0.4, 0.5) is 5.69 Å². The number of anilines is 1. The highest BCUT2D eigenvalue weighted by Crippen LogP contribution is 2.21. The summed E-state index contributed by atoms with van der Waals surface area (Å²) in [5, 5.41) is 0. The number of amides is 1. The fraction of sp³-hybridized carbons (Fsp3) is 0.235. The monoisotopic (exact) mass is 346 g/mol. The zero-order chi connectivity index (χ0) is 15.4. The Hall–Kier alpha value is -1.81. The van der Waals surface area contributed by atoms with E-state index >= 15 is 0 Å². The number of halogens is 1. The largest absolute Gasteiger partial charge is 0.398 e. The van der Waals surface area contributed by atoms with Gasteiger partial charge in [-0.05, 0) is 51.7 Å². The number of nitrogens with two attached hydrogens (primary N) is 1. The van der Waals surface area contributed by atoms with Crippen LogP contribution in [0.1, 0.15) is 28.4 Å². The van der Waals surface area contributed by atoms with Crippen LogP contribution in [-0.4, -0.2) is 17.9 Å². The van der Waals surface area contributed by atoms with Gasteiger partial charge in [0, 0.05) is 29.3 Å². The maximum atomic E-state index is 12.4. The second-order valence-corrected chi connectivity index (χ2v) is 5.92. The number of aryl methyl sites for hydroxylation is 1. The van der Waals surface area contributed by atoms with Crippen LogP contribution < -0.4 is 5.73 Å². The van der Waals surface area contributed by atoms with Crippen molar-refractivity contribution in [3.05, 3.63) is 63.6 Å². The Morgan fingerprint density at radius 1 is 1.14 bits per heavy atom.